The van der Waals surface area contributed by atoms with E-state index in [1.165, 1.54) is 18.5 Å². The summed E-state index contributed by atoms with van der Waals surface area (Å²) in [5, 5.41) is 2.72. The molecule has 2 rings (SSSR count). The molecule has 0 unspecified atom stereocenters. The molecule has 2 aromatic rings. The monoisotopic (exact) mass is 281 g/mol. The van der Waals surface area contributed by atoms with Gasteiger partial charge >= 0.3 is 6.61 Å². The van der Waals surface area contributed by atoms with Crippen molar-refractivity contribution in [3.05, 3.63) is 48.0 Å². The number of H-pyrrole nitrogens is 1. The van der Waals surface area contributed by atoms with Crippen molar-refractivity contribution in [3.63, 3.8) is 0 Å². The molecule has 106 valence electrons. The van der Waals surface area contributed by atoms with Gasteiger partial charge in [-0.3, -0.25) is 4.79 Å². The minimum atomic E-state index is -2.85. The van der Waals surface area contributed by atoms with E-state index in [0.29, 0.717) is 12.1 Å². The van der Waals surface area contributed by atoms with Gasteiger partial charge in [-0.1, -0.05) is 12.1 Å². The molecule has 0 aliphatic rings. The second-order valence-corrected chi connectivity index (χ2v) is 4.05. The molecule has 0 aliphatic heterocycles. The van der Waals surface area contributed by atoms with Crippen LogP contribution in [0.15, 0.2) is 36.8 Å². The van der Waals surface area contributed by atoms with Crippen LogP contribution in [0.25, 0.3) is 0 Å². The van der Waals surface area contributed by atoms with E-state index in [1.807, 2.05) is 0 Å². The molecule has 0 saturated carbocycles. The molecular weight excluding hydrogens is 268 g/mol. The summed E-state index contributed by atoms with van der Waals surface area (Å²) in [6, 6.07) is 5.97. The molecule has 0 aliphatic carbocycles. The minimum Gasteiger partial charge on any atom is -0.435 e. The lowest BCUT2D eigenvalue weighted by atomic mass is 10.1. The number of aromatic nitrogens is 2. The number of hydrogen-bond donors (Lipinski definition) is 2. The van der Waals surface area contributed by atoms with E-state index in [4.69, 9.17) is 0 Å². The first kappa shape index (κ1) is 14.0. The summed E-state index contributed by atoms with van der Waals surface area (Å²) in [6.07, 6.45) is 3.32. The van der Waals surface area contributed by atoms with Crippen molar-refractivity contribution in [2.75, 3.05) is 0 Å². The zero-order valence-corrected chi connectivity index (χ0v) is 10.5. The number of nitrogens with one attached hydrogen (secondary N) is 2. The van der Waals surface area contributed by atoms with Crippen molar-refractivity contribution in [1.29, 1.82) is 0 Å². The molecule has 1 aromatic heterocycles. The van der Waals surface area contributed by atoms with Gasteiger partial charge in [0.2, 0.25) is 5.91 Å². The second kappa shape index (κ2) is 6.65. The number of hydrogen-bond acceptors (Lipinski definition) is 3. The highest BCUT2D eigenvalue weighted by Crippen LogP contribution is 2.15. The molecule has 7 heteroatoms. The van der Waals surface area contributed by atoms with E-state index >= 15 is 0 Å². The third-order valence-corrected chi connectivity index (χ3v) is 2.54. The first-order valence-electron chi connectivity index (χ1n) is 5.91. The lowest BCUT2D eigenvalue weighted by molar-refractivity contribution is -0.120. The van der Waals surface area contributed by atoms with Gasteiger partial charge in [-0.25, -0.2) is 4.98 Å². The van der Waals surface area contributed by atoms with Gasteiger partial charge < -0.3 is 15.0 Å². The molecule has 1 heterocycles. The first-order valence-corrected chi connectivity index (χ1v) is 5.91. The van der Waals surface area contributed by atoms with Gasteiger partial charge in [0.05, 0.1) is 25.0 Å². The molecule has 1 amide bonds. The van der Waals surface area contributed by atoms with Gasteiger partial charge in [-0.15, -0.1) is 0 Å². The summed E-state index contributed by atoms with van der Waals surface area (Å²) in [6.45, 7) is -2.48. The Bertz CT molecular complexity index is 541. The van der Waals surface area contributed by atoms with Gasteiger partial charge in [-0.05, 0) is 17.7 Å². The summed E-state index contributed by atoms with van der Waals surface area (Å²) < 4.78 is 28.2. The molecule has 0 saturated heterocycles. The number of amides is 1. The SMILES string of the molecule is O=C(Cc1ccc(OC(F)F)cc1)NCc1cnc[nH]1. The molecule has 0 fully saturated rings. The van der Waals surface area contributed by atoms with Crippen molar-refractivity contribution in [2.24, 2.45) is 0 Å². The Labute approximate surface area is 114 Å². The Morgan fingerprint density at radius 2 is 2.10 bits per heavy atom. The Balaban J connectivity index is 1.81. The fourth-order valence-electron chi connectivity index (χ4n) is 1.61. The maximum absolute atomic E-state index is 12.0. The minimum absolute atomic E-state index is 0.0709. The number of aromatic amines is 1. The van der Waals surface area contributed by atoms with Crippen LogP contribution in [0, 0.1) is 0 Å². The Hall–Kier alpha value is -2.44. The first-order chi connectivity index (χ1) is 9.63. The van der Waals surface area contributed by atoms with E-state index < -0.39 is 6.61 Å². The van der Waals surface area contributed by atoms with Crippen molar-refractivity contribution in [3.8, 4) is 5.75 Å². The van der Waals surface area contributed by atoms with Crippen LogP contribution in [0.3, 0.4) is 0 Å². The highest BCUT2D eigenvalue weighted by molar-refractivity contribution is 5.78. The van der Waals surface area contributed by atoms with Crippen LogP contribution < -0.4 is 10.1 Å². The number of alkyl halides is 2. The third-order valence-electron chi connectivity index (χ3n) is 2.54. The predicted octanol–water partition coefficient (Wildman–Crippen LogP) is 1.87. The number of halogens is 2. The van der Waals surface area contributed by atoms with E-state index in [2.05, 4.69) is 20.0 Å². The normalized spacial score (nSPS) is 10.6. The van der Waals surface area contributed by atoms with Crippen molar-refractivity contribution in [1.82, 2.24) is 15.3 Å². The van der Waals surface area contributed by atoms with E-state index in [-0.39, 0.29) is 18.1 Å². The van der Waals surface area contributed by atoms with Gasteiger partial charge in [0.25, 0.3) is 0 Å². The van der Waals surface area contributed by atoms with Crippen LogP contribution in [0.1, 0.15) is 11.3 Å². The van der Waals surface area contributed by atoms with Crippen LogP contribution in [0.4, 0.5) is 8.78 Å². The average Bonchev–Trinajstić information content (AvgIpc) is 2.91. The van der Waals surface area contributed by atoms with Crippen LogP contribution in [-0.4, -0.2) is 22.5 Å². The van der Waals surface area contributed by atoms with E-state index in [1.54, 1.807) is 18.3 Å². The highest BCUT2D eigenvalue weighted by Gasteiger charge is 2.06. The number of carbonyl (C=O) groups excluding carboxylic acids is 1. The number of carbonyl (C=O) groups is 1. The number of benzene rings is 1. The van der Waals surface area contributed by atoms with Gasteiger partial charge in [0, 0.05) is 6.20 Å². The molecule has 0 bridgehead atoms. The maximum Gasteiger partial charge on any atom is 0.387 e. The van der Waals surface area contributed by atoms with Crippen LogP contribution in [0.5, 0.6) is 5.75 Å². The zero-order valence-electron chi connectivity index (χ0n) is 10.5. The summed E-state index contributed by atoms with van der Waals surface area (Å²) in [5.74, 6) is -0.0938. The molecule has 1 aromatic carbocycles. The number of nitrogens with zero attached hydrogens (tertiary/aromatic N) is 1. The van der Waals surface area contributed by atoms with E-state index in [9.17, 15) is 13.6 Å². The Morgan fingerprint density at radius 3 is 2.70 bits per heavy atom. The molecule has 5 nitrogen and oxygen atoms in total. The Kier molecular flexibility index (Phi) is 4.65. The smallest absolute Gasteiger partial charge is 0.387 e. The summed E-state index contributed by atoms with van der Waals surface area (Å²) >= 11 is 0. The average molecular weight is 281 g/mol. The molecule has 20 heavy (non-hydrogen) atoms. The highest BCUT2D eigenvalue weighted by atomic mass is 19.3. The zero-order chi connectivity index (χ0) is 14.4. The fourth-order valence-corrected chi connectivity index (χ4v) is 1.61. The Morgan fingerprint density at radius 1 is 1.35 bits per heavy atom. The summed E-state index contributed by atoms with van der Waals surface area (Å²) in [4.78, 5) is 18.4. The van der Waals surface area contributed by atoms with Gasteiger partial charge in [-0.2, -0.15) is 8.78 Å². The van der Waals surface area contributed by atoms with Crippen molar-refractivity contribution < 1.29 is 18.3 Å². The lowest BCUT2D eigenvalue weighted by Gasteiger charge is -2.06. The van der Waals surface area contributed by atoms with Crippen molar-refractivity contribution >= 4 is 5.91 Å². The summed E-state index contributed by atoms with van der Waals surface area (Å²) in [5.41, 5.74) is 1.52. The largest absolute Gasteiger partial charge is 0.435 e. The predicted molar refractivity (Wildman–Crippen MR) is 67.2 cm³/mol. The molecule has 2 N–H and O–H groups in total. The number of ether oxygens (including phenoxy) is 1. The van der Waals surface area contributed by atoms with Gasteiger partial charge in [0.1, 0.15) is 5.75 Å². The van der Waals surface area contributed by atoms with Crippen molar-refractivity contribution in [2.45, 2.75) is 19.6 Å². The van der Waals surface area contributed by atoms with Gasteiger partial charge in [0.15, 0.2) is 0 Å². The standard InChI is InChI=1S/C13H13F2N3O2/c14-13(15)20-11-3-1-9(2-4-11)5-12(19)17-7-10-6-16-8-18-10/h1-4,6,8,13H,5,7H2,(H,16,18)(H,17,19). The summed E-state index contributed by atoms with van der Waals surface area (Å²) in [7, 11) is 0. The lowest BCUT2D eigenvalue weighted by Crippen LogP contribution is -2.24. The van der Waals surface area contributed by atoms with Crippen LogP contribution in [-0.2, 0) is 17.8 Å². The quantitative estimate of drug-likeness (QED) is 0.849. The fraction of sp³-hybridized carbons (Fsp3) is 0.231. The molecule has 0 atom stereocenters. The second-order valence-electron chi connectivity index (χ2n) is 4.05. The molecule has 0 radical (unpaired) electrons. The topological polar surface area (TPSA) is 67.0 Å². The number of imidazole rings is 1. The molecular formula is C13H13F2N3O2. The third kappa shape index (κ3) is 4.34. The van der Waals surface area contributed by atoms with E-state index in [0.717, 1.165) is 5.69 Å². The van der Waals surface area contributed by atoms with Crippen LogP contribution in [0.2, 0.25) is 0 Å². The maximum atomic E-state index is 12.0. The number of rotatable bonds is 6. The van der Waals surface area contributed by atoms with Crippen LogP contribution >= 0.6 is 0 Å². The molecule has 0 spiro atoms.